The highest BCUT2D eigenvalue weighted by Gasteiger charge is 2.25. The van der Waals surface area contributed by atoms with Gasteiger partial charge in [0.2, 0.25) is 5.91 Å². The van der Waals surface area contributed by atoms with Gasteiger partial charge in [0, 0.05) is 42.0 Å². The predicted octanol–water partition coefficient (Wildman–Crippen LogP) is 2.12. The molecule has 1 heterocycles. The fourth-order valence-corrected chi connectivity index (χ4v) is 2.45. The molecule has 1 aliphatic rings. The maximum absolute atomic E-state index is 12.0. The SMILES string of the molecule is O=C(NCCc1cnc[nH]1)c1ccc(NC(=O)C2CCC2)cc1. The van der Waals surface area contributed by atoms with Crippen LogP contribution in [0.1, 0.15) is 35.3 Å². The second-order valence-corrected chi connectivity index (χ2v) is 5.78. The number of nitrogens with one attached hydrogen (secondary N) is 3. The topological polar surface area (TPSA) is 86.9 Å². The quantitative estimate of drug-likeness (QED) is 0.763. The first kappa shape index (κ1) is 15.3. The minimum Gasteiger partial charge on any atom is -0.352 e. The van der Waals surface area contributed by atoms with Gasteiger partial charge in [-0.05, 0) is 37.1 Å². The zero-order chi connectivity index (χ0) is 16.1. The number of carbonyl (C=O) groups is 2. The number of hydrogen-bond acceptors (Lipinski definition) is 3. The Hall–Kier alpha value is -2.63. The van der Waals surface area contributed by atoms with Crippen molar-refractivity contribution in [2.45, 2.75) is 25.7 Å². The standard InChI is InChI=1S/C17H20N4O2/c22-16(19-9-8-15-10-18-11-20-15)13-4-6-14(7-5-13)21-17(23)12-2-1-3-12/h4-7,10-12H,1-3,8-9H2,(H,18,20)(H,19,22)(H,21,23). The number of imidazole rings is 1. The van der Waals surface area contributed by atoms with Crippen molar-refractivity contribution in [1.82, 2.24) is 15.3 Å². The van der Waals surface area contributed by atoms with E-state index in [0.29, 0.717) is 18.5 Å². The smallest absolute Gasteiger partial charge is 0.251 e. The molecule has 3 N–H and O–H groups in total. The Kier molecular flexibility index (Phi) is 4.71. The summed E-state index contributed by atoms with van der Waals surface area (Å²) < 4.78 is 0. The zero-order valence-corrected chi connectivity index (χ0v) is 12.8. The van der Waals surface area contributed by atoms with Gasteiger partial charge in [0.25, 0.3) is 5.91 Å². The number of amides is 2. The summed E-state index contributed by atoms with van der Waals surface area (Å²) in [6.45, 7) is 0.543. The van der Waals surface area contributed by atoms with Crippen molar-refractivity contribution in [2.75, 3.05) is 11.9 Å². The molecule has 6 heteroatoms. The molecule has 6 nitrogen and oxygen atoms in total. The molecule has 0 saturated heterocycles. The largest absolute Gasteiger partial charge is 0.352 e. The molecular formula is C17H20N4O2. The maximum Gasteiger partial charge on any atom is 0.251 e. The van der Waals surface area contributed by atoms with E-state index in [2.05, 4.69) is 20.6 Å². The fraction of sp³-hybridized carbons (Fsp3) is 0.353. The van der Waals surface area contributed by atoms with Crippen molar-refractivity contribution in [3.63, 3.8) is 0 Å². The lowest BCUT2D eigenvalue weighted by Gasteiger charge is -2.24. The summed E-state index contributed by atoms with van der Waals surface area (Å²) in [7, 11) is 0. The van der Waals surface area contributed by atoms with Crippen LogP contribution in [0.4, 0.5) is 5.69 Å². The van der Waals surface area contributed by atoms with Crippen molar-refractivity contribution in [3.05, 3.63) is 48.0 Å². The molecule has 1 fully saturated rings. The lowest BCUT2D eigenvalue weighted by Crippen LogP contribution is -2.28. The van der Waals surface area contributed by atoms with E-state index in [1.807, 2.05) is 0 Å². The van der Waals surface area contributed by atoms with Crippen molar-refractivity contribution in [1.29, 1.82) is 0 Å². The summed E-state index contributed by atoms with van der Waals surface area (Å²) in [6.07, 6.45) is 7.15. The number of anilines is 1. The molecule has 1 aromatic heterocycles. The van der Waals surface area contributed by atoms with E-state index in [1.54, 1.807) is 36.8 Å². The van der Waals surface area contributed by atoms with Crippen LogP contribution in [0.5, 0.6) is 0 Å². The Balaban J connectivity index is 1.47. The number of rotatable bonds is 6. The number of aromatic nitrogens is 2. The lowest BCUT2D eigenvalue weighted by molar-refractivity contribution is -0.122. The monoisotopic (exact) mass is 312 g/mol. The second kappa shape index (κ2) is 7.09. The van der Waals surface area contributed by atoms with E-state index in [4.69, 9.17) is 0 Å². The summed E-state index contributed by atoms with van der Waals surface area (Å²) in [6, 6.07) is 6.98. The van der Waals surface area contributed by atoms with E-state index in [-0.39, 0.29) is 17.7 Å². The van der Waals surface area contributed by atoms with Crippen LogP contribution in [-0.2, 0) is 11.2 Å². The Bertz CT molecular complexity index is 660. The third-order valence-electron chi connectivity index (χ3n) is 4.13. The van der Waals surface area contributed by atoms with Gasteiger partial charge in [-0.25, -0.2) is 4.98 Å². The average molecular weight is 312 g/mol. The predicted molar refractivity (Wildman–Crippen MR) is 87.0 cm³/mol. The molecule has 0 unspecified atom stereocenters. The normalized spacial score (nSPS) is 14.1. The Morgan fingerprint density at radius 3 is 2.61 bits per heavy atom. The van der Waals surface area contributed by atoms with Gasteiger partial charge >= 0.3 is 0 Å². The van der Waals surface area contributed by atoms with Crippen LogP contribution in [0.3, 0.4) is 0 Å². The van der Waals surface area contributed by atoms with Crippen LogP contribution in [0.2, 0.25) is 0 Å². The molecular weight excluding hydrogens is 292 g/mol. The molecule has 2 amide bonds. The van der Waals surface area contributed by atoms with Crippen LogP contribution < -0.4 is 10.6 Å². The Labute approximate surface area is 134 Å². The summed E-state index contributed by atoms with van der Waals surface area (Å²) in [4.78, 5) is 30.8. The third-order valence-corrected chi connectivity index (χ3v) is 4.13. The maximum atomic E-state index is 12.0. The first-order chi connectivity index (χ1) is 11.2. The van der Waals surface area contributed by atoms with Crippen LogP contribution in [0, 0.1) is 5.92 Å². The summed E-state index contributed by atoms with van der Waals surface area (Å²) in [5, 5.41) is 5.75. The number of nitrogens with zero attached hydrogens (tertiary/aromatic N) is 1. The highest BCUT2D eigenvalue weighted by molar-refractivity contribution is 5.96. The molecule has 1 aliphatic carbocycles. The minimum absolute atomic E-state index is 0.0769. The van der Waals surface area contributed by atoms with Crippen molar-refractivity contribution in [2.24, 2.45) is 5.92 Å². The van der Waals surface area contributed by atoms with Gasteiger partial charge in [0.05, 0.1) is 6.33 Å². The van der Waals surface area contributed by atoms with Gasteiger partial charge in [0.15, 0.2) is 0 Å². The minimum atomic E-state index is -0.124. The van der Waals surface area contributed by atoms with Crippen LogP contribution in [0.25, 0.3) is 0 Å². The number of carbonyl (C=O) groups excluding carboxylic acids is 2. The molecule has 0 radical (unpaired) electrons. The molecule has 0 spiro atoms. The second-order valence-electron chi connectivity index (χ2n) is 5.78. The van der Waals surface area contributed by atoms with Crippen LogP contribution in [0.15, 0.2) is 36.8 Å². The van der Waals surface area contributed by atoms with Crippen molar-refractivity contribution >= 4 is 17.5 Å². The number of aromatic amines is 1. The molecule has 23 heavy (non-hydrogen) atoms. The highest BCUT2D eigenvalue weighted by atomic mass is 16.2. The first-order valence-corrected chi connectivity index (χ1v) is 7.89. The van der Waals surface area contributed by atoms with Gasteiger partial charge < -0.3 is 15.6 Å². The molecule has 120 valence electrons. The van der Waals surface area contributed by atoms with Crippen LogP contribution >= 0.6 is 0 Å². The lowest BCUT2D eigenvalue weighted by atomic mass is 9.85. The average Bonchev–Trinajstić information content (AvgIpc) is 2.99. The third kappa shape index (κ3) is 3.97. The molecule has 0 bridgehead atoms. The Morgan fingerprint density at radius 2 is 2.00 bits per heavy atom. The van der Waals surface area contributed by atoms with Gasteiger partial charge in [-0.1, -0.05) is 6.42 Å². The van der Waals surface area contributed by atoms with E-state index in [0.717, 1.165) is 30.6 Å². The van der Waals surface area contributed by atoms with E-state index < -0.39 is 0 Å². The molecule has 1 aromatic carbocycles. The first-order valence-electron chi connectivity index (χ1n) is 7.89. The summed E-state index contributed by atoms with van der Waals surface area (Å²) in [5.74, 6) is 0.106. The van der Waals surface area contributed by atoms with Gasteiger partial charge in [-0.15, -0.1) is 0 Å². The molecule has 2 aromatic rings. The summed E-state index contributed by atoms with van der Waals surface area (Å²) >= 11 is 0. The van der Waals surface area contributed by atoms with Crippen LogP contribution in [-0.4, -0.2) is 28.3 Å². The number of hydrogen-bond donors (Lipinski definition) is 3. The van der Waals surface area contributed by atoms with E-state index in [1.165, 1.54) is 0 Å². The van der Waals surface area contributed by atoms with Crippen molar-refractivity contribution in [3.8, 4) is 0 Å². The Morgan fingerprint density at radius 1 is 1.22 bits per heavy atom. The van der Waals surface area contributed by atoms with Gasteiger partial charge in [-0.3, -0.25) is 9.59 Å². The number of H-pyrrole nitrogens is 1. The molecule has 0 aliphatic heterocycles. The fourth-order valence-electron chi connectivity index (χ4n) is 2.45. The van der Waals surface area contributed by atoms with Crippen molar-refractivity contribution < 1.29 is 9.59 Å². The van der Waals surface area contributed by atoms with Gasteiger partial charge in [-0.2, -0.15) is 0 Å². The van der Waals surface area contributed by atoms with E-state index >= 15 is 0 Å². The zero-order valence-electron chi connectivity index (χ0n) is 12.8. The molecule has 3 rings (SSSR count). The molecule has 0 atom stereocenters. The van der Waals surface area contributed by atoms with Gasteiger partial charge in [0.1, 0.15) is 0 Å². The summed E-state index contributed by atoms with van der Waals surface area (Å²) in [5.41, 5.74) is 2.30. The highest BCUT2D eigenvalue weighted by Crippen LogP contribution is 2.27. The number of benzene rings is 1. The van der Waals surface area contributed by atoms with E-state index in [9.17, 15) is 9.59 Å². The molecule has 1 saturated carbocycles.